The van der Waals surface area contributed by atoms with Gasteiger partial charge in [0, 0.05) is 26.1 Å². The smallest absolute Gasteiger partial charge is 0.236 e. The fraction of sp³-hybridized carbons (Fsp3) is 0.727. The summed E-state index contributed by atoms with van der Waals surface area (Å²) in [6, 6.07) is 0. The number of aryl methyl sites for hydroxylation is 4. The number of hydrogen-bond donors (Lipinski definition) is 3. The lowest BCUT2D eigenvalue weighted by atomic mass is 10.2. The lowest BCUT2D eigenvalue weighted by Crippen LogP contribution is -2.41. The van der Waals surface area contributed by atoms with Crippen LogP contribution in [-0.4, -0.2) is 83.8 Å². The topological polar surface area (TPSA) is 249 Å². The highest BCUT2D eigenvalue weighted by Gasteiger charge is 2.23. The molecule has 3 rings (SSSR count). The van der Waals surface area contributed by atoms with Crippen LogP contribution >= 0.6 is 0 Å². The second-order valence-corrected chi connectivity index (χ2v) is 10.5. The maximum Gasteiger partial charge on any atom is 0.236 e. The third-order valence-electron chi connectivity index (χ3n) is 7.57. The summed E-state index contributed by atoms with van der Waals surface area (Å²) >= 11 is 0. The van der Waals surface area contributed by atoms with Gasteiger partial charge in [-0.2, -0.15) is 15.3 Å². The lowest BCUT2D eigenvalue weighted by molar-refractivity contribution is -0.757. The second kappa shape index (κ2) is 29.2. The number of nitroso groups, excluding NO2 is 2. The van der Waals surface area contributed by atoms with E-state index in [2.05, 4.69) is 44.6 Å². The molecule has 7 N–H and O–H groups in total. The fourth-order valence-corrected chi connectivity index (χ4v) is 4.98. The number of nitrogens with two attached hydrogens (primary N) is 1. The van der Waals surface area contributed by atoms with E-state index >= 15 is 0 Å². The number of nitrogens with zero attached hydrogens (tertiary/aromatic N) is 5. The molecule has 0 amide bonds. The number of aromatic amines is 3. The van der Waals surface area contributed by atoms with Crippen molar-refractivity contribution >= 4 is 17.1 Å². The van der Waals surface area contributed by atoms with E-state index in [0.29, 0.717) is 64.2 Å². The van der Waals surface area contributed by atoms with Gasteiger partial charge in [0.05, 0.1) is 56.7 Å². The van der Waals surface area contributed by atoms with Crippen LogP contribution in [0.4, 0.5) is 17.1 Å². The molecular formula is C33H63N9O8. The van der Waals surface area contributed by atoms with Crippen LogP contribution in [0.3, 0.4) is 0 Å². The second-order valence-electron chi connectivity index (χ2n) is 10.5. The van der Waals surface area contributed by atoms with Gasteiger partial charge in [-0.15, -0.1) is 19.6 Å². The number of nitrogen functional groups attached to an aromatic ring is 1. The zero-order chi connectivity index (χ0) is 35.7. The van der Waals surface area contributed by atoms with E-state index in [9.17, 15) is 9.81 Å². The quantitative estimate of drug-likeness (QED) is 0.0746. The predicted molar refractivity (Wildman–Crippen MR) is 191 cm³/mol. The molecule has 3 heterocycles. The highest BCUT2D eigenvalue weighted by molar-refractivity contribution is 5.48. The van der Waals surface area contributed by atoms with Crippen LogP contribution in [0.1, 0.15) is 89.6 Å². The third-order valence-corrected chi connectivity index (χ3v) is 7.57. The molecule has 0 fully saturated rings. The monoisotopic (exact) mass is 713 g/mol. The zero-order valence-electron chi connectivity index (χ0n) is 31.5. The standard InChI is InChI=1S/C13H23N3O3.C13H25N3O2.C7H11N3O.2H2O/c1-4-11-13(15-17)12(5-2)16(14-11)7-8-19-10-9-18-6-3;1-4-11-13(14)12(5-2)16(15-11)7-8-18-10-9-17-6-3;1-3-5-7(10-11)6(4-2)9-8-5;;/h4-10H2,1-3H3;4-10,14H2,1-3H3;3-4H2,1-2H3,(H,8,9);2*1H2. The van der Waals surface area contributed by atoms with Crippen LogP contribution in [-0.2, 0) is 70.6 Å². The van der Waals surface area contributed by atoms with E-state index in [0.717, 1.165) is 91.5 Å². The molecule has 17 nitrogen and oxygen atoms in total. The Morgan fingerprint density at radius 3 is 1.78 bits per heavy atom. The number of nitrogens with one attached hydrogen (secondary N) is 3. The van der Waals surface area contributed by atoms with Crippen LogP contribution in [0.5, 0.6) is 0 Å². The molecule has 0 bridgehead atoms. The molecule has 0 aliphatic carbocycles. The highest BCUT2D eigenvalue weighted by atomic mass is 16.5. The summed E-state index contributed by atoms with van der Waals surface area (Å²) in [5, 5.41) is 19.6. The summed E-state index contributed by atoms with van der Waals surface area (Å²) in [7, 11) is 0. The Morgan fingerprint density at radius 1 is 0.720 bits per heavy atom. The minimum atomic E-state index is 0. The molecule has 0 aromatic carbocycles. The number of aromatic nitrogens is 6. The first kappa shape index (κ1) is 48.5. The number of rotatable bonds is 22. The fourth-order valence-electron chi connectivity index (χ4n) is 4.98. The molecule has 288 valence electrons. The van der Waals surface area contributed by atoms with E-state index in [1.54, 1.807) is 0 Å². The van der Waals surface area contributed by atoms with Gasteiger partial charge in [0.25, 0.3) is 0 Å². The Labute approximate surface area is 296 Å². The van der Waals surface area contributed by atoms with Crippen LogP contribution in [0.15, 0.2) is 10.4 Å². The molecule has 3 aromatic heterocycles. The molecule has 0 spiro atoms. The first-order chi connectivity index (χ1) is 23.3. The van der Waals surface area contributed by atoms with Gasteiger partial charge in [-0.05, 0) is 49.9 Å². The van der Waals surface area contributed by atoms with Gasteiger partial charge in [-0.1, -0.05) is 41.5 Å². The predicted octanol–water partition coefficient (Wildman–Crippen LogP) is 4.52. The van der Waals surface area contributed by atoms with Crippen molar-refractivity contribution < 1.29 is 39.7 Å². The van der Waals surface area contributed by atoms with Crippen molar-refractivity contribution in [3.63, 3.8) is 0 Å². The first-order valence-corrected chi connectivity index (χ1v) is 17.4. The summed E-state index contributed by atoms with van der Waals surface area (Å²) < 4.78 is 25.3. The molecule has 0 saturated heterocycles. The number of H-pyrrole nitrogens is 3. The summed E-state index contributed by atoms with van der Waals surface area (Å²) in [5.41, 5.74) is 13.7. The maximum absolute atomic E-state index is 10.9. The highest BCUT2D eigenvalue weighted by Crippen LogP contribution is 2.22. The number of anilines is 1. The molecule has 3 aromatic rings. The molecule has 17 heteroatoms. The minimum absolute atomic E-state index is 0. The van der Waals surface area contributed by atoms with Crippen LogP contribution < -0.4 is 15.5 Å². The number of ether oxygens (including phenoxy) is 4. The van der Waals surface area contributed by atoms with Gasteiger partial charge in [0.15, 0.2) is 6.54 Å². The summed E-state index contributed by atoms with van der Waals surface area (Å²) in [5.74, 6) is 0. The van der Waals surface area contributed by atoms with Crippen molar-refractivity contribution in [2.24, 2.45) is 10.4 Å². The Balaban J connectivity index is 0. The van der Waals surface area contributed by atoms with Crippen molar-refractivity contribution in [2.45, 2.75) is 107 Å². The van der Waals surface area contributed by atoms with Gasteiger partial charge < -0.3 is 35.6 Å². The van der Waals surface area contributed by atoms with Crippen LogP contribution in [0.25, 0.3) is 0 Å². The molecule has 0 atom stereocenters. The normalized spacial score (nSPS) is 10.3. The molecule has 50 heavy (non-hydrogen) atoms. The van der Waals surface area contributed by atoms with Crippen molar-refractivity contribution in [1.29, 1.82) is 0 Å². The number of hydrogen-bond acceptors (Lipinski definition) is 12. The SMILES string of the molecule is CCOCCOCC[n+]1[nH]c(CC)c(N=O)c1CC.CCOCCOCCn1nc(CC)c(N)c1CC.CCc1[nH][nH+]c(CC)c1N=O.[OH-].[OH-]. The maximum atomic E-state index is 10.9. The molecule has 0 aliphatic rings. The van der Waals surface area contributed by atoms with Crippen molar-refractivity contribution in [2.75, 3.05) is 58.6 Å². The zero-order valence-corrected chi connectivity index (χ0v) is 31.5. The van der Waals surface area contributed by atoms with Crippen molar-refractivity contribution in [1.82, 2.24) is 20.0 Å². The van der Waals surface area contributed by atoms with E-state index in [-0.39, 0.29) is 11.0 Å². The molecule has 0 aliphatic heterocycles. The van der Waals surface area contributed by atoms with E-state index in [4.69, 9.17) is 24.7 Å². The van der Waals surface area contributed by atoms with Crippen LogP contribution in [0, 0.1) is 9.81 Å². The summed E-state index contributed by atoms with van der Waals surface area (Å²) in [6.07, 6.45) is 4.92. The largest absolute Gasteiger partial charge is 0.870 e. The average Bonchev–Trinajstić information content (AvgIpc) is 3.79. The van der Waals surface area contributed by atoms with Crippen molar-refractivity contribution in [3.05, 3.63) is 44.0 Å². The summed E-state index contributed by atoms with van der Waals surface area (Å²) in [6.45, 7) is 22.7. The van der Waals surface area contributed by atoms with E-state index in [1.807, 2.05) is 50.9 Å². The molecule has 0 radical (unpaired) electrons. The molecule has 0 saturated carbocycles. The van der Waals surface area contributed by atoms with Gasteiger partial charge in [-0.3, -0.25) is 4.68 Å². The Bertz CT molecular complexity index is 1290. The van der Waals surface area contributed by atoms with Gasteiger partial charge >= 0.3 is 0 Å². The molecule has 0 unspecified atom stereocenters. The van der Waals surface area contributed by atoms with E-state index < -0.39 is 0 Å². The van der Waals surface area contributed by atoms with Gasteiger partial charge in [-0.25, -0.2) is 0 Å². The van der Waals surface area contributed by atoms with Gasteiger partial charge in [0.1, 0.15) is 18.0 Å². The Hall–Kier alpha value is -3.61. The van der Waals surface area contributed by atoms with Crippen LogP contribution in [0.2, 0.25) is 0 Å². The molecular weight excluding hydrogens is 650 g/mol. The minimum Gasteiger partial charge on any atom is -0.870 e. The van der Waals surface area contributed by atoms with E-state index in [1.165, 1.54) is 0 Å². The third kappa shape index (κ3) is 15.5. The Morgan fingerprint density at radius 2 is 1.30 bits per heavy atom. The van der Waals surface area contributed by atoms with Crippen molar-refractivity contribution in [3.8, 4) is 0 Å². The van der Waals surface area contributed by atoms with Gasteiger partial charge in [0.2, 0.25) is 22.8 Å². The first-order valence-electron chi connectivity index (χ1n) is 17.4. The lowest BCUT2D eigenvalue weighted by Gasteiger charge is -2.07. The average molecular weight is 714 g/mol. The Kier molecular flexibility index (Phi) is 28.3. The summed E-state index contributed by atoms with van der Waals surface area (Å²) in [4.78, 5) is 21.2.